The number of ether oxygens (including phenoxy) is 1. The van der Waals surface area contributed by atoms with Gasteiger partial charge < -0.3 is 20.3 Å². The molecule has 7 nitrogen and oxygen atoms in total. The van der Waals surface area contributed by atoms with Crippen molar-refractivity contribution in [2.45, 2.75) is 38.3 Å². The number of fused-ring (bicyclic) bond motifs is 3. The van der Waals surface area contributed by atoms with Crippen molar-refractivity contribution in [3.05, 3.63) is 29.8 Å². The van der Waals surface area contributed by atoms with Crippen molar-refractivity contribution in [2.24, 2.45) is 17.8 Å². The number of hydrogen-bond acceptors (Lipinski definition) is 5. The molecule has 2 bridgehead atoms. The smallest absolute Gasteiger partial charge is 0.258 e. The van der Waals surface area contributed by atoms with Gasteiger partial charge in [0.05, 0.1) is 5.56 Å². The maximum Gasteiger partial charge on any atom is 0.258 e. The summed E-state index contributed by atoms with van der Waals surface area (Å²) in [5, 5.41) is 6.37. The Morgan fingerprint density at radius 1 is 1.19 bits per heavy atom. The molecule has 31 heavy (non-hydrogen) atoms. The second kappa shape index (κ2) is 8.43. The molecule has 4 fully saturated rings. The lowest BCUT2D eigenvalue weighted by Gasteiger charge is -2.55. The van der Waals surface area contributed by atoms with Crippen molar-refractivity contribution < 1.29 is 14.3 Å². The van der Waals surface area contributed by atoms with Crippen molar-refractivity contribution in [1.82, 2.24) is 20.4 Å². The van der Waals surface area contributed by atoms with E-state index in [4.69, 9.17) is 4.74 Å². The fourth-order valence-corrected chi connectivity index (χ4v) is 6.08. The molecule has 1 aromatic rings. The number of carbonyl (C=O) groups is 2. The molecule has 1 saturated heterocycles. The van der Waals surface area contributed by atoms with Crippen LogP contribution in [0.2, 0.25) is 0 Å². The molecule has 0 aromatic heterocycles. The summed E-state index contributed by atoms with van der Waals surface area (Å²) in [5.74, 6) is 1.25. The zero-order chi connectivity index (χ0) is 21.4. The van der Waals surface area contributed by atoms with Gasteiger partial charge >= 0.3 is 0 Å². The number of para-hydroxylation sites is 1. The molecule has 2 aliphatic heterocycles. The molecular weight excluding hydrogens is 392 g/mol. The lowest BCUT2D eigenvalue weighted by atomic mass is 9.60. The third kappa shape index (κ3) is 3.94. The highest BCUT2D eigenvalue weighted by atomic mass is 16.5. The van der Waals surface area contributed by atoms with Crippen LogP contribution in [0.15, 0.2) is 24.3 Å². The van der Waals surface area contributed by atoms with Crippen molar-refractivity contribution >= 4 is 11.8 Å². The van der Waals surface area contributed by atoms with Gasteiger partial charge in [0.25, 0.3) is 5.91 Å². The van der Waals surface area contributed by atoms with Gasteiger partial charge in [0, 0.05) is 57.5 Å². The maximum absolute atomic E-state index is 13.0. The minimum atomic E-state index is -0.649. The number of amides is 2. The number of nitrogens with zero attached hydrogens (tertiary/aromatic N) is 2. The van der Waals surface area contributed by atoms with Crippen molar-refractivity contribution in [2.75, 3.05) is 45.8 Å². The van der Waals surface area contributed by atoms with Gasteiger partial charge in [-0.25, -0.2) is 0 Å². The summed E-state index contributed by atoms with van der Waals surface area (Å²) in [6, 6.07) is 7.45. The highest BCUT2D eigenvalue weighted by Gasteiger charge is 2.57. The Hall–Kier alpha value is -2.12. The van der Waals surface area contributed by atoms with Crippen LogP contribution in [-0.2, 0) is 4.79 Å². The van der Waals surface area contributed by atoms with Gasteiger partial charge in [-0.05, 0) is 43.9 Å². The predicted octanol–water partition coefficient (Wildman–Crippen LogP) is 1.70. The van der Waals surface area contributed by atoms with Gasteiger partial charge in [0.2, 0.25) is 5.91 Å². The summed E-state index contributed by atoms with van der Waals surface area (Å²) >= 11 is 0. The van der Waals surface area contributed by atoms with Crippen LogP contribution in [0.4, 0.5) is 0 Å². The van der Waals surface area contributed by atoms with Gasteiger partial charge in [-0.1, -0.05) is 19.1 Å². The van der Waals surface area contributed by atoms with E-state index in [1.165, 1.54) is 0 Å². The monoisotopic (exact) mass is 426 g/mol. The van der Waals surface area contributed by atoms with E-state index < -0.39 is 5.72 Å². The van der Waals surface area contributed by atoms with Crippen LogP contribution in [0.3, 0.4) is 0 Å². The largest absolute Gasteiger partial charge is 0.467 e. The molecule has 1 spiro atoms. The predicted molar refractivity (Wildman–Crippen MR) is 118 cm³/mol. The lowest BCUT2D eigenvalue weighted by molar-refractivity contribution is -0.146. The molecule has 7 heteroatoms. The number of rotatable bonds is 5. The Kier molecular flexibility index (Phi) is 5.65. The fourth-order valence-electron chi connectivity index (χ4n) is 6.08. The number of benzene rings is 1. The van der Waals surface area contributed by atoms with E-state index in [9.17, 15) is 9.59 Å². The molecule has 3 aliphatic carbocycles. The minimum Gasteiger partial charge on any atom is -0.467 e. The van der Waals surface area contributed by atoms with Crippen molar-refractivity contribution in [1.29, 1.82) is 0 Å². The number of likely N-dealkylation sites (N-methyl/N-ethyl adjacent to an activating group) is 1. The number of nitrogens with one attached hydrogen (secondary N) is 2. The molecule has 0 radical (unpaired) electrons. The van der Waals surface area contributed by atoms with Gasteiger partial charge in [0.15, 0.2) is 5.72 Å². The number of piperazine rings is 1. The molecule has 168 valence electrons. The Morgan fingerprint density at radius 3 is 2.71 bits per heavy atom. The second-order valence-electron chi connectivity index (χ2n) is 9.59. The van der Waals surface area contributed by atoms with Gasteiger partial charge in [0.1, 0.15) is 5.75 Å². The first-order chi connectivity index (χ1) is 15.1. The summed E-state index contributed by atoms with van der Waals surface area (Å²) in [4.78, 5) is 30.6. The van der Waals surface area contributed by atoms with Crippen molar-refractivity contribution in [3.8, 4) is 5.75 Å². The van der Waals surface area contributed by atoms with Gasteiger partial charge in [-0.15, -0.1) is 0 Å². The Labute approximate surface area is 184 Å². The molecule has 0 unspecified atom stereocenters. The normalized spacial score (nSPS) is 32.9. The van der Waals surface area contributed by atoms with Crippen LogP contribution < -0.4 is 15.4 Å². The van der Waals surface area contributed by atoms with E-state index in [2.05, 4.69) is 27.4 Å². The van der Waals surface area contributed by atoms with Crippen LogP contribution in [0.25, 0.3) is 0 Å². The molecule has 6 rings (SSSR count). The zero-order valence-corrected chi connectivity index (χ0v) is 18.4. The van der Waals surface area contributed by atoms with Crippen LogP contribution in [-0.4, -0.2) is 73.2 Å². The SMILES string of the molecule is CCN1CCN(CCNC(=O)[C@H]2C[C@H]3CC[C@H]2C[C@]32NC(=O)c3ccccc3O2)CC1. The Bertz CT molecular complexity index is 838. The molecule has 5 aliphatic rings. The topological polar surface area (TPSA) is 73.9 Å². The molecule has 2 heterocycles. The number of carbonyl (C=O) groups excluding carboxylic acids is 2. The third-order valence-electron chi connectivity index (χ3n) is 7.94. The quantitative estimate of drug-likeness (QED) is 0.750. The molecular formula is C24H34N4O3. The molecule has 2 N–H and O–H groups in total. The van der Waals surface area contributed by atoms with Crippen LogP contribution >= 0.6 is 0 Å². The Morgan fingerprint density at radius 2 is 1.97 bits per heavy atom. The zero-order valence-electron chi connectivity index (χ0n) is 18.4. The van der Waals surface area contributed by atoms with Crippen molar-refractivity contribution in [3.63, 3.8) is 0 Å². The summed E-state index contributed by atoms with van der Waals surface area (Å²) in [6.45, 7) is 9.36. The summed E-state index contributed by atoms with van der Waals surface area (Å²) in [6.07, 6.45) is 3.53. The van der Waals surface area contributed by atoms with E-state index in [1.54, 1.807) is 6.07 Å². The van der Waals surface area contributed by atoms with Crippen LogP contribution in [0.5, 0.6) is 5.75 Å². The first-order valence-corrected chi connectivity index (χ1v) is 11.9. The first kappa shape index (κ1) is 20.8. The van der Waals surface area contributed by atoms with E-state index in [1.807, 2.05) is 18.2 Å². The molecule has 2 amide bonds. The lowest BCUT2D eigenvalue weighted by Crippen LogP contribution is -2.67. The van der Waals surface area contributed by atoms with Gasteiger partial charge in [-0.3, -0.25) is 14.5 Å². The average molecular weight is 427 g/mol. The van der Waals surface area contributed by atoms with Gasteiger partial charge in [-0.2, -0.15) is 0 Å². The highest BCUT2D eigenvalue weighted by molar-refractivity contribution is 5.98. The standard InChI is InChI=1S/C24H34N4O3/c1-2-27-11-13-28(14-12-27)10-9-25-22(29)20-15-18-8-7-17(20)16-24(18)26-23(30)19-5-3-4-6-21(19)31-24/h3-6,17-18,20H,2,7-16H2,1H3,(H,25,29)(H,26,30)/t17-,18+,20-,24+/m0/s1. The van der Waals surface area contributed by atoms with E-state index in [-0.39, 0.29) is 29.6 Å². The van der Waals surface area contributed by atoms with E-state index in [0.29, 0.717) is 17.9 Å². The molecule has 1 aromatic carbocycles. The number of hydrogen-bond donors (Lipinski definition) is 2. The third-order valence-corrected chi connectivity index (χ3v) is 7.94. The van der Waals surface area contributed by atoms with Crippen LogP contribution in [0, 0.1) is 17.8 Å². The maximum atomic E-state index is 13.0. The summed E-state index contributed by atoms with van der Waals surface area (Å²) < 4.78 is 6.40. The summed E-state index contributed by atoms with van der Waals surface area (Å²) in [7, 11) is 0. The van der Waals surface area contributed by atoms with E-state index in [0.717, 1.165) is 65.0 Å². The Balaban J connectivity index is 1.16. The fraction of sp³-hybridized carbons (Fsp3) is 0.667. The van der Waals surface area contributed by atoms with E-state index >= 15 is 0 Å². The highest BCUT2D eigenvalue weighted by Crippen LogP contribution is 2.52. The minimum absolute atomic E-state index is 0.0268. The average Bonchev–Trinajstić information content (AvgIpc) is 2.79. The first-order valence-electron chi connectivity index (χ1n) is 11.9. The summed E-state index contributed by atoms with van der Waals surface area (Å²) in [5.41, 5.74) is -0.0481. The molecule has 3 saturated carbocycles. The van der Waals surface area contributed by atoms with Crippen LogP contribution in [0.1, 0.15) is 43.0 Å². The second-order valence-corrected chi connectivity index (χ2v) is 9.59. The molecule has 4 atom stereocenters.